The van der Waals surface area contributed by atoms with Crippen LogP contribution in [0.5, 0.6) is 17.2 Å². The van der Waals surface area contributed by atoms with E-state index in [0.717, 1.165) is 35.9 Å². The fourth-order valence-electron chi connectivity index (χ4n) is 2.53. The molecule has 24 heavy (non-hydrogen) atoms. The first-order valence-electron chi connectivity index (χ1n) is 7.62. The maximum Gasteiger partial charge on any atom is 0.231 e. The second kappa shape index (κ2) is 8.62. The Morgan fingerprint density at radius 3 is 2.79 bits per heavy atom. The summed E-state index contributed by atoms with van der Waals surface area (Å²) in [5, 5.41) is 0. The highest BCUT2D eigenvalue weighted by Crippen LogP contribution is 2.32. The average Bonchev–Trinajstić information content (AvgIpc) is 3.02. The molecule has 0 atom stereocenters. The summed E-state index contributed by atoms with van der Waals surface area (Å²) in [7, 11) is 3.78. The molecule has 2 aromatic carbocycles. The molecule has 0 bridgehead atoms. The third-order valence-electron chi connectivity index (χ3n) is 3.71. The fraction of sp³-hybridized carbons (Fsp3) is 0.263. The Balaban J connectivity index is 0.00000208. The first kappa shape index (κ1) is 18.2. The molecule has 2 aromatic rings. The molecule has 3 rings (SSSR count). The van der Waals surface area contributed by atoms with Crippen molar-refractivity contribution in [3.05, 3.63) is 59.7 Å². The molecule has 1 aliphatic rings. The van der Waals surface area contributed by atoms with Gasteiger partial charge < -0.3 is 14.2 Å². The highest BCUT2D eigenvalue weighted by molar-refractivity contribution is 5.85. The van der Waals surface area contributed by atoms with E-state index in [4.69, 9.17) is 14.2 Å². The topological polar surface area (TPSA) is 30.9 Å². The number of hydrogen-bond acceptors (Lipinski definition) is 4. The number of benzene rings is 2. The van der Waals surface area contributed by atoms with Gasteiger partial charge in [0.25, 0.3) is 0 Å². The van der Waals surface area contributed by atoms with E-state index in [9.17, 15) is 0 Å². The summed E-state index contributed by atoms with van der Waals surface area (Å²) >= 11 is 0. The second-order valence-electron chi connectivity index (χ2n) is 5.56. The van der Waals surface area contributed by atoms with E-state index in [2.05, 4.69) is 36.2 Å². The number of hydrogen-bond donors (Lipinski definition) is 0. The van der Waals surface area contributed by atoms with Crippen molar-refractivity contribution >= 4 is 18.5 Å². The summed E-state index contributed by atoms with van der Waals surface area (Å²) in [6.45, 7) is 2.04. The van der Waals surface area contributed by atoms with Crippen molar-refractivity contribution in [3.63, 3.8) is 0 Å². The van der Waals surface area contributed by atoms with Crippen LogP contribution >= 0.6 is 12.4 Å². The van der Waals surface area contributed by atoms with Crippen molar-refractivity contribution in [1.82, 2.24) is 4.90 Å². The van der Waals surface area contributed by atoms with Gasteiger partial charge in [-0.25, -0.2) is 0 Å². The lowest BCUT2D eigenvalue weighted by Gasteiger charge is -2.14. The van der Waals surface area contributed by atoms with Crippen molar-refractivity contribution in [2.75, 3.05) is 27.5 Å². The van der Waals surface area contributed by atoms with Crippen molar-refractivity contribution < 1.29 is 14.2 Å². The Hall–Kier alpha value is -2.17. The highest BCUT2D eigenvalue weighted by atomic mass is 35.5. The van der Waals surface area contributed by atoms with E-state index >= 15 is 0 Å². The molecule has 0 amide bonds. The molecule has 5 heteroatoms. The van der Waals surface area contributed by atoms with E-state index < -0.39 is 0 Å². The zero-order valence-corrected chi connectivity index (χ0v) is 14.7. The lowest BCUT2D eigenvalue weighted by Crippen LogP contribution is -2.17. The molecule has 0 fully saturated rings. The second-order valence-corrected chi connectivity index (χ2v) is 5.56. The average molecular weight is 348 g/mol. The summed E-state index contributed by atoms with van der Waals surface area (Å²) in [6, 6.07) is 14.1. The molecule has 0 aromatic heterocycles. The number of methoxy groups -OCH3 is 1. The summed E-state index contributed by atoms with van der Waals surface area (Å²) in [4.78, 5) is 2.24. The number of rotatable bonds is 6. The smallest absolute Gasteiger partial charge is 0.231 e. The van der Waals surface area contributed by atoms with Crippen LogP contribution in [0.2, 0.25) is 0 Å². The summed E-state index contributed by atoms with van der Waals surface area (Å²) in [6.07, 6.45) is 4.26. The minimum absolute atomic E-state index is 0. The van der Waals surface area contributed by atoms with Gasteiger partial charge in [0.2, 0.25) is 6.79 Å². The number of fused-ring (bicyclic) bond motifs is 1. The van der Waals surface area contributed by atoms with E-state index in [1.54, 1.807) is 7.11 Å². The zero-order chi connectivity index (χ0) is 16.1. The minimum Gasteiger partial charge on any atom is -0.497 e. The molecule has 0 spiro atoms. The predicted molar refractivity (Wildman–Crippen MR) is 98.2 cm³/mol. The molecule has 0 unspecified atom stereocenters. The lowest BCUT2D eigenvalue weighted by atomic mass is 10.2. The van der Waals surface area contributed by atoms with E-state index in [0.29, 0.717) is 6.79 Å². The summed E-state index contributed by atoms with van der Waals surface area (Å²) < 4.78 is 16.0. The molecule has 0 saturated carbocycles. The Bertz CT molecular complexity index is 703. The van der Waals surface area contributed by atoms with Gasteiger partial charge in [0.15, 0.2) is 11.5 Å². The van der Waals surface area contributed by atoms with Crippen molar-refractivity contribution in [2.24, 2.45) is 0 Å². The summed E-state index contributed by atoms with van der Waals surface area (Å²) in [5.41, 5.74) is 2.35. The van der Waals surface area contributed by atoms with Crippen molar-refractivity contribution in [3.8, 4) is 17.2 Å². The standard InChI is InChI=1S/C19H21NO3.ClH/c1-20(10-4-6-15-5-3-7-17(11-15)21-2)13-16-8-9-18-19(12-16)23-14-22-18;/h3-9,11-12H,10,13-14H2,1-2H3;1H/b6-4+;. The van der Waals surface area contributed by atoms with Crippen LogP contribution in [0.3, 0.4) is 0 Å². The molecule has 0 saturated heterocycles. The normalized spacial score (nSPS) is 12.5. The van der Waals surface area contributed by atoms with E-state index in [1.807, 2.05) is 30.3 Å². The van der Waals surface area contributed by atoms with Crippen LogP contribution in [0.25, 0.3) is 6.08 Å². The van der Waals surface area contributed by atoms with Crippen LogP contribution in [0.1, 0.15) is 11.1 Å². The number of ether oxygens (including phenoxy) is 3. The fourth-order valence-corrected chi connectivity index (χ4v) is 2.53. The van der Waals surface area contributed by atoms with Crippen LogP contribution in [-0.2, 0) is 6.54 Å². The minimum atomic E-state index is 0. The van der Waals surface area contributed by atoms with Gasteiger partial charge in [-0.1, -0.05) is 30.4 Å². The van der Waals surface area contributed by atoms with Gasteiger partial charge in [0.05, 0.1) is 7.11 Å². The van der Waals surface area contributed by atoms with Gasteiger partial charge >= 0.3 is 0 Å². The van der Waals surface area contributed by atoms with Crippen molar-refractivity contribution in [2.45, 2.75) is 6.54 Å². The van der Waals surface area contributed by atoms with Crippen LogP contribution in [0.4, 0.5) is 0 Å². The van der Waals surface area contributed by atoms with Gasteiger partial charge in [-0.3, -0.25) is 4.90 Å². The van der Waals surface area contributed by atoms with Gasteiger partial charge in [0.1, 0.15) is 5.75 Å². The van der Waals surface area contributed by atoms with Crippen LogP contribution in [0.15, 0.2) is 48.5 Å². The molecule has 0 aliphatic carbocycles. The third-order valence-corrected chi connectivity index (χ3v) is 3.71. The van der Waals surface area contributed by atoms with Gasteiger partial charge in [-0.2, -0.15) is 0 Å². The Morgan fingerprint density at radius 1 is 1.12 bits per heavy atom. The van der Waals surface area contributed by atoms with Crippen LogP contribution in [0, 0.1) is 0 Å². The first-order valence-corrected chi connectivity index (χ1v) is 7.62. The highest BCUT2D eigenvalue weighted by Gasteiger charge is 2.13. The van der Waals surface area contributed by atoms with Gasteiger partial charge in [-0.15, -0.1) is 12.4 Å². The predicted octanol–water partition coefficient (Wildman–Crippen LogP) is 3.99. The number of halogens is 1. The quantitative estimate of drug-likeness (QED) is 0.790. The largest absolute Gasteiger partial charge is 0.497 e. The number of nitrogens with zero attached hydrogens (tertiary/aromatic N) is 1. The van der Waals surface area contributed by atoms with Crippen LogP contribution in [-0.4, -0.2) is 32.4 Å². The zero-order valence-electron chi connectivity index (χ0n) is 13.9. The Morgan fingerprint density at radius 2 is 1.96 bits per heavy atom. The van der Waals surface area contributed by atoms with Crippen LogP contribution < -0.4 is 14.2 Å². The molecular formula is C19H22ClNO3. The van der Waals surface area contributed by atoms with E-state index in [1.165, 1.54) is 5.56 Å². The molecule has 0 radical (unpaired) electrons. The maximum absolute atomic E-state index is 5.41. The molecule has 0 N–H and O–H groups in total. The van der Waals surface area contributed by atoms with Gasteiger partial charge in [-0.05, 0) is 42.4 Å². The monoisotopic (exact) mass is 347 g/mol. The Labute approximate surface area is 149 Å². The first-order chi connectivity index (χ1) is 11.2. The van der Waals surface area contributed by atoms with Crippen molar-refractivity contribution in [1.29, 1.82) is 0 Å². The number of likely N-dealkylation sites (N-methyl/N-ethyl adjacent to an activating group) is 1. The lowest BCUT2D eigenvalue weighted by molar-refractivity contribution is 0.174. The third kappa shape index (κ3) is 4.66. The molecule has 1 heterocycles. The summed E-state index contributed by atoms with van der Waals surface area (Å²) in [5.74, 6) is 2.54. The molecule has 1 aliphatic heterocycles. The molecule has 4 nitrogen and oxygen atoms in total. The van der Waals surface area contributed by atoms with E-state index in [-0.39, 0.29) is 12.4 Å². The van der Waals surface area contributed by atoms with Gasteiger partial charge in [0, 0.05) is 13.1 Å². The molecular weight excluding hydrogens is 326 g/mol. The SMILES string of the molecule is COc1cccc(/C=C/CN(C)Cc2ccc3c(c2)OCO3)c1.Cl. The maximum atomic E-state index is 5.41. The Kier molecular flexibility index (Phi) is 6.53. The molecule has 128 valence electrons.